The van der Waals surface area contributed by atoms with Crippen LogP contribution in [0.5, 0.6) is 0 Å². The van der Waals surface area contributed by atoms with Gasteiger partial charge >= 0.3 is 0 Å². The number of hydrogen-bond donors (Lipinski definition) is 2. The molecule has 0 aliphatic carbocycles. The summed E-state index contributed by atoms with van der Waals surface area (Å²) in [4.78, 5) is 39.9. The number of likely N-dealkylation sites (N-methyl/N-ethyl adjacent to an activating group) is 1. The van der Waals surface area contributed by atoms with E-state index in [9.17, 15) is 14.4 Å². The summed E-state index contributed by atoms with van der Waals surface area (Å²) in [7, 11) is 3.44. The molecule has 0 aromatic carbocycles. The fraction of sp³-hybridized carbons (Fsp3) is 0.769. The van der Waals surface area contributed by atoms with Crippen molar-refractivity contribution in [2.45, 2.75) is 18.9 Å². The van der Waals surface area contributed by atoms with E-state index in [0.29, 0.717) is 26.2 Å². The van der Waals surface area contributed by atoms with Gasteiger partial charge in [-0.25, -0.2) is 0 Å². The second-order valence-electron chi connectivity index (χ2n) is 5.52. The van der Waals surface area contributed by atoms with Gasteiger partial charge in [0.25, 0.3) is 0 Å². The number of nitrogens with two attached hydrogens (primary N) is 2. The molecule has 0 aromatic rings. The molecule has 1 unspecified atom stereocenters. The lowest BCUT2D eigenvalue weighted by atomic mass is 10.2. The molecule has 1 fully saturated rings. The van der Waals surface area contributed by atoms with E-state index in [0.717, 1.165) is 13.0 Å². The molecule has 8 nitrogen and oxygen atoms in total. The molecule has 3 amide bonds. The summed E-state index contributed by atoms with van der Waals surface area (Å²) >= 11 is 0. The van der Waals surface area contributed by atoms with E-state index in [1.807, 2.05) is 4.90 Å². The van der Waals surface area contributed by atoms with Gasteiger partial charge in [-0.3, -0.25) is 19.3 Å². The molecule has 1 aliphatic rings. The van der Waals surface area contributed by atoms with Crippen LogP contribution in [-0.4, -0.2) is 85.3 Å². The normalized spacial score (nSPS) is 18.0. The van der Waals surface area contributed by atoms with Crippen molar-refractivity contribution in [2.24, 2.45) is 11.5 Å². The van der Waals surface area contributed by atoms with Crippen LogP contribution in [-0.2, 0) is 14.4 Å². The maximum atomic E-state index is 12.1. The summed E-state index contributed by atoms with van der Waals surface area (Å²) < 4.78 is 0. The van der Waals surface area contributed by atoms with E-state index in [4.69, 9.17) is 11.5 Å². The lowest BCUT2D eigenvalue weighted by Gasteiger charge is -2.24. The Hall–Kier alpha value is -1.67. The van der Waals surface area contributed by atoms with Crippen LogP contribution >= 0.6 is 0 Å². The highest BCUT2D eigenvalue weighted by Crippen LogP contribution is 2.06. The van der Waals surface area contributed by atoms with Crippen molar-refractivity contribution in [1.82, 2.24) is 14.7 Å². The zero-order valence-corrected chi connectivity index (χ0v) is 12.7. The molecular weight excluding hydrogens is 274 g/mol. The Morgan fingerprint density at radius 2 is 1.81 bits per heavy atom. The molecule has 0 bridgehead atoms. The second kappa shape index (κ2) is 7.94. The Labute approximate surface area is 125 Å². The van der Waals surface area contributed by atoms with Gasteiger partial charge in [0.1, 0.15) is 0 Å². The van der Waals surface area contributed by atoms with Gasteiger partial charge in [-0.05, 0) is 6.42 Å². The highest BCUT2D eigenvalue weighted by atomic mass is 16.2. The maximum Gasteiger partial charge on any atom is 0.240 e. The molecule has 21 heavy (non-hydrogen) atoms. The summed E-state index contributed by atoms with van der Waals surface area (Å²) in [6.45, 7) is 2.81. The third-order valence-electron chi connectivity index (χ3n) is 3.50. The smallest absolute Gasteiger partial charge is 0.240 e. The zero-order valence-electron chi connectivity index (χ0n) is 12.7. The largest absolute Gasteiger partial charge is 0.370 e. The summed E-state index contributed by atoms with van der Waals surface area (Å²) in [6.07, 6.45) is 0.633. The number of amides is 3. The Morgan fingerprint density at radius 1 is 1.14 bits per heavy atom. The third kappa shape index (κ3) is 5.68. The average molecular weight is 299 g/mol. The Bertz CT molecular complexity index is 399. The molecular formula is C13H25N5O3. The van der Waals surface area contributed by atoms with E-state index in [-0.39, 0.29) is 18.2 Å². The van der Waals surface area contributed by atoms with Gasteiger partial charge in [-0.15, -0.1) is 0 Å². The first kappa shape index (κ1) is 17.4. The van der Waals surface area contributed by atoms with Crippen molar-refractivity contribution in [3.63, 3.8) is 0 Å². The zero-order chi connectivity index (χ0) is 16.0. The molecule has 4 N–H and O–H groups in total. The van der Waals surface area contributed by atoms with Crippen LogP contribution in [0.15, 0.2) is 0 Å². The molecule has 0 saturated carbocycles. The SMILES string of the molecule is CN(C)C(=O)CN1CCCN(C(=O)C(N)CC(N)=O)CC1. The van der Waals surface area contributed by atoms with Crippen LogP contribution in [0.4, 0.5) is 0 Å². The summed E-state index contributed by atoms with van der Waals surface area (Å²) in [5.74, 6) is -0.793. The first-order chi connectivity index (χ1) is 9.81. The van der Waals surface area contributed by atoms with Gasteiger partial charge in [0.2, 0.25) is 17.7 Å². The molecule has 0 radical (unpaired) electrons. The molecule has 8 heteroatoms. The second-order valence-corrected chi connectivity index (χ2v) is 5.52. The third-order valence-corrected chi connectivity index (χ3v) is 3.50. The molecule has 120 valence electrons. The highest BCUT2D eigenvalue weighted by Gasteiger charge is 2.25. The van der Waals surface area contributed by atoms with Crippen LogP contribution < -0.4 is 11.5 Å². The number of primary amides is 1. The van der Waals surface area contributed by atoms with Crippen LogP contribution in [0.1, 0.15) is 12.8 Å². The van der Waals surface area contributed by atoms with Crippen LogP contribution in [0.3, 0.4) is 0 Å². The van der Waals surface area contributed by atoms with Crippen molar-refractivity contribution < 1.29 is 14.4 Å². The minimum absolute atomic E-state index is 0.0419. The number of hydrogen-bond acceptors (Lipinski definition) is 5. The molecule has 1 aliphatic heterocycles. The van der Waals surface area contributed by atoms with E-state index >= 15 is 0 Å². The van der Waals surface area contributed by atoms with E-state index in [2.05, 4.69) is 0 Å². The molecule has 1 rings (SSSR count). The van der Waals surface area contributed by atoms with Gasteiger partial charge in [0.05, 0.1) is 19.0 Å². The predicted molar refractivity (Wildman–Crippen MR) is 78.1 cm³/mol. The Kier molecular flexibility index (Phi) is 6.57. The van der Waals surface area contributed by atoms with Crippen molar-refractivity contribution in [2.75, 3.05) is 46.8 Å². The lowest BCUT2D eigenvalue weighted by molar-refractivity contribution is -0.134. The fourth-order valence-electron chi connectivity index (χ4n) is 2.22. The van der Waals surface area contributed by atoms with E-state index in [1.165, 1.54) is 0 Å². The minimum Gasteiger partial charge on any atom is -0.370 e. The first-order valence-electron chi connectivity index (χ1n) is 7.06. The monoisotopic (exact) mass is 299 g/mol. The predicted octanol–water partition coefficient (Wildman–Crippen LogP) is -2.19. The summed E-state index contributed by atoms with van der Waals surface area (Å²) in [5, 5.41) is 0. The minimum atomic E-state index is -0.877. The van der Waals surface area contributed by atoms with Gasteiger partial charge in [-0.1, -0.05) is 0 Å². The average Bonchev–Trinajstić information content (AvgIpc) is 2.62. The van der Waals surface area contributed by atoms with Crippen molar-refractivity contribution in [3.05, 3.63) is 0 Å². The highest BCUT2D eigenvalue weighted by molar-refractivity contribution is 5.87. The topological polar surface area (TPSA) is 113 Å². The molecule has 0 aromatic heterocycles. The fourth-order valence-corrected chi connectivity index (χ4v) is 2.22. The molecule has 1 saturated heterocycles. The quantitative estimate of drug-likeness (QED) is 0.599. The van der Waals surface area contributed by atoms with Crippen LogP contribution in [0.25, 0.3) is 0 Å². The summed E-state index contributed by atoms with van der Waals surface area (Å²) in [6, 6.07) is -0.877. The number of carbonyl (C=O) groups is 3. The number of rotatable bonds is 5. The Balaban J connectivity index is 2.50. The first-order valence-corrected chi connectivity index (χ1v) is 7.06. The van der Waals surface area contributed by atoms with Gasteiger partial charge in [0, 0.05) is 40.3 Å². The van der Waals surface area contributed by atoms with Gasteiger partial charge in [-0.2, -0.15) is 0 Å². The van der Waals surface area contributed by atoms with Gasteiger partial charge < -0.3 is 21.3 Å². The van der Waals surface area contributed by atoms with E-state index < -0.39 is 11.9 Å². The van der Waals surface area contributed by atoms with Crippen LogP contribution in [0, 0.1) is 0 Å². The van der Waals surface area contributed by atoms with E-state index in [1.54, 1.807) is 23.9 Å². The summed E-state index contributed by atoms with van der Waals surface area (Å²) in [5.41, 5.74) is 10.7. The van der Waals surface area contributed by atoms with Crippen molar-refractivity contribution >= 4 is 17.7 Å². The van der Waals surface area contributed by atoms with Crippen molar-refractivity contribution in [1.29, 1.82) is 0 Å². The van der Waals surface area contributed by atoms with Gasteiger partial charge in [0.15, 0.2) is 0 Å². The molecule has 1 heterocycles. The standard InChI is InChI=1S/C13H25N5O3/c1-16(2)12(20)9-17-4-3-5-18(7-6-17)13(21)10(14)8-11(15)19/h10H,3-9,14H2,1-2H3,(H2,15,19). The van der Waals surface area contributed by atoms with Crippen molar-refractivity contribution in [3.8, 4) is 0 Å². The van der Waals surface area contributed by atoms with Crippen LogP contribution in [0.2, 0.25) is 0 Å². The lowest BCUT2D eigenvalue weighted by Crippen LogP contribution is -2.47. The number of carbonyl (C=O) groups excluding carboxylic acids is 3. The number of nitrogens with zero attached hydrogens (tertiary/aromatic N) is 3. The molecule has 0 spiro atoms. The molecule has 1 atom stereocenters. The maximum absolute atomic E-state index is 12.1. The Morgan fingerprint density at radius 3 is 2.38 bits per heavy atom.